The number of para-hydroxylation sites is 1. The summed E-state index contributed by atoms with van der Waals surface area (Å²) in [5.41, 5.74) is 2.57. The Labute approximate surface area is 139 Å². The maximum atomic E-state index is 5.50. The molecule has 0 saturated heterocycles. The molecule has 2 aromatic rings. The number of hydrogen-bond donors (Lipinski definition) is 0. The van der Waals surface area contributed by atoms with E-state index < -0.39 is 0 Å². The molecule has 0 fully saturated rings. The van der Waals surface area contributed by atoms with Crippen molar-refractivity contribution in [3.63, 3.8) is 0 Å². The van der Waals surface area contributed by atoms with Crippen LogP contribution in [-0.2, 0) is 6.54 Å². The van der Waals surface area contributed by atoms with Gasteiger partial charge in [0, 0.05) is 24.3 Å². The first-order valence-corrected chi connectivity index (χ1v) is 7.94. The molecule has 0 bridgehead atoms. The highest BCUT2D eigenvalue weighted by atomic mass is 16.5. The van der Waals surface area contributed by atoms with Crippen LogP contribution in [0.3, 0.4) is 0 Å². The van der Waals surface area contributed by atoms with E-state index in [-0.39, 0.29) is 5.41 Å². The molecule has 0 radical (unpaired) electrons. The Morgan fingerprint density at radius 3 is 2.09 bits per heavy atom. The standard InChI is InChI=1S/C20H27NO2/c1-20(2,3)15-21(17-10-12-18(22-4)13-11-17)14-16-8-6-7-9-19(16)23-5/h6-13H,14-15H2,1-5H3. The first-order valence-electron chi connectivity index (χ1n) is 7.94. The molecule has 0 spiro atoms. The maximum Gasteiger partial charge on any atom is 0.123 e. The van der Waals surface area contributed by atoms with E-state index in [1.54, 1.807) is 14.2 Å². The molecular formula is C20H27NO2. The molecule has 0 amide bonds. The minimum Gasteiger partial charge on any atom is -0.497 e. The number of nitrogens with zero attached hydrogens (tertiary/aromatic N) is 1. The summed E-state index contributed by atoms with van der Waals surface area (Å²) in [6.45, 7) is 8.54. The van der Waals surface area contributed by atoms with E-state index in [9.17, 15) is 0 Å². The lowest BCUT2D eigenvalue weighted by Crippen LogP contribution is -2.32. The molecule has 3 heteroatoms. The van der Waals surface area contributed by atoms with Gasteiger partial charge in [-0.3, -0.25) is 0 Å². The van der Waals surface area contributed by atoms with E-state index in [1.165, 1.54) is 11.3 Å². The number of rotatable bonds is 6. The minimum absolute atomic E-state index is 0.196. The van der Waals surface area contributed by atoms with Crippen LogP contribution in [0.4, 0.5) is 5.69 Å². The summed E-state index contributed by atoms with van der Waals surface area (Å²) in [5.74, 6) is 1.81. The fraction of sp³-hybridized carbons (Fsp3) is 0.400. The van der Waals surface area contributed by atoms with Crippen LogP contribution in [0, 0.1) is 5.41 Å². The molecule has 2 aromatic carbocycles. The Kier molecular flexibility index (Phi) is 5.54. The van der Waals surface area contributed by atoms with Crippen molar-refractivity contribution in [2.24, 2.45) is 5.41 Å². The first kappa shape index (κ1) is 17.2. The Balaban J connectivity index is 2.29. The van der Waals surface area contributed by atoms with E-state index >= 15 is 0 Å². The molecule has 0 aliphatic carbocycles. The lowest BCUT2D eigenvalue weighted by molar-refractivity contribution is 0.396. The highest BCUT2D eigenvalue weighted by molar-refractivity contribution is 5.50. The van der Waals surface area contributed by atoms with Gasteiger partial charge in [0.15, 0.2) is 0 Å². The summed E-state index contributed by atoms with van der Waals surface area (Å²) in [6, 6.07) is 16.4. The van der Waals surface area contributed by atoms with Crippen molar-refractivity contribution in [3.05, 3.63) is 54.1 Å². The number of ether oxygens (including phenoxy) is 2. The predicted octanol–water partition coefficient (Wildman–Crippen LogP) is 4.76. The van der Waals surface area contributed by atoms with Crippen LogP contribution in [0.1, 0.15) is 26.3 Å². The van der Waals surface area contributed by atoms with E-state index in [4.69, 9.17) is 9.47 Å². The molecule has 0 aromatic heterocycles. The molecule has 0 unspecified atom stereocenters. The summed E-state index contributed by atoms with van der Waals surface area (Å²) < 4.78 is 10.8. The highest BCUT2D eigenvalue weighted by Crippen LogP contribution is 2.28. The van der Waals surface area contributed by atoms with Gasteiger partial charge in [0.05, 0.1) is 14.2 Å². The van der Waals surface area contributed by atoms with Crippen LogP contribution < -0.4 is 14.4 Å². The van der Waals surface area contributed by atoms with Crippen LogP contribution in [0.15, 0.2) is 48.5 Å². The zero-order chi connectivity index (χ0) is 16.9. The Hall–Kier alpha value is -2.16. The summed E-state index contributed by atoms with van der Waals surface area (Å²) in [4.78, 5) is 2.39. The molecule has 23 heavy (non-hydrogen) atoms. The number of hydrogen-bond acceptors (Lipinski definition) is 3. The van der Waals surface area contributed by atoms with Gasteiger partial charge in [-0.25, -0.2) is 0 Å². The molecule has 2 rings (SSSR count). The monoisotopic (exact) mass is 313 g/mol. The lowest BCUT2D eigenvalue weighted by Gasteiger charge is -2.32. The molecule has 3 nitrogen and oxygen atoms in total. The molecule has 0 N–H and O–H groups in total. The Morgan fingerprint density at radius 2 is 1.52 bits per heavy atom. The Morgan fingerprint density at radius 1 is 0.870 bits per heavy atom. The van der Waals surface area contributed by atoms with Gasteiger partial charge in [0.25, 0.3) is 0 Å². The molecule has 0 aliphatic heterocycles. The van der Waals surface area contributed by atoms with Crippen molar-refractivity contribution in [1.82, 2.24) is 0 Å². The fourth-order valence-corrected chi connectivity index (χ4v) is 2.64. The number of benzene rings is 2. The van der Waals surface area contributed by atoms with E-state index in [0.717, 1.165) is 24.6 Å². The van der Waals surface area contributed by atoms with Gasteiger partial charge in [-0.15, -0.1) is 0 Å². The van der Waals surface area contributed by atoms with Crippen molar-refractivity contribution in [1.29, 1.82) is 0 Å². The van der Waals surface area contributed by atoms with Crippen molar-refractivity contribution in [2.75, 3.05) is 25.7 Å². The smallest absolute Gasteiger partial charge is 0.123 e. The third kappa shape index (κ3) is 4.92. The van der Waals surface area contributed by atoms with Crippen molar-refractivity contribution >= 4 is 5.69 Å². The molecule has 0 atom stereocenters. The predicted molar refractivity (Wildman–Crippen MR) is 96.5 cm³/mol. The van der Waals surface area contributed by atoms with E-state index in [1.807, 2.05) is 24.3 Å². The normalized spacial score (nSPS) is 11.2. The number of anilines is 1. The zero-order valence-electron chi connectivity index (χ0n) is 14.8. The third-order valence-electron chi connectivity index (χ3n) is 3.66. The van der Waals surface area contributed by atoms with Gasteiger partial charge in [0.1, 0.15) is 11.5 Å². The van der Waals surface area contributed by atoms with Gasteiger partial charge >= 0.3 is 0 Å². The molecular weight excluding hydrogens is 286 g/mol. The fourth-order valence-electron chi connectivity index (χ4n) is 2.64. The van der Waals surface area contributed by atoms with Gasteiger partial charge in [0.2, 0.25) is 0 Å². The molecule has 0 heterocycles. The zero-order valence-corrected chi connectivity index (χ0v) is 14.8. The second kappa shape index (κ2) is 7.40. The second-order valence-corrected chi connectivity index (χ2v) is 6.93. The summed E-state index contributed by atoms with van der Waals surface area (Å²) in [7, 11) is 3.41. The molecule has 0 aliphatic rings. The largest absolute Gasteiger partial charge is 0.497 e. The van der Waals surface area contributed by atoms with Gasteiger partial charge in [-0.05, 0) is 35.7 Å². The maximum absolute atomic E-state index is 5.50. The van der Waals surface area contributed by atoms with Gasteiger partial charge < -0.3 is 14.4 Å². The van der Waals surface area contributed by atoms with Crippen LogP contribution >= 0.6 is 0 Å². The summed E-state index contributed by atoms with van der Waals surface area (Å²) in [6.07, 6.45) is 0. The topological polar surface area (TPSA) is 21.7 Å². The quantitative estimate of drug-likeness (QED) is 0.767. The van der Waals surface area contributed by atoms with Crippen LogP contribution in [-0.4, -0.2) is 20.8 Å². The average molecular weight is 313 g/mol. The van der Waals surface area contributed by atoms with Crippen LogP contribution in [0.25, 0.3) is 0 Å². The first-order chi connectivity index (χ1) is 10.9. The van der Waals surface area contributed by atoms with Crippen molar-refractivity contribution in [3.8, 4) is 11.5 Å². The summed E-state index contributed by atoms with van der Waals surface area (Å²) >= 11 is 0. The molecule has 124 valence electrons. The van der Waals surface area contributed by atoms with Gasteiger partial charge in [-0.1, -0.05) is 39.0 Å². The van der Waals surface area contributed by atoms with Crippen molar-refractivity contribution in [2.45, 2.75) is 27.3 Å². The van der Waals surface area contributed by atoms with Crippen LogP contribution in [0.2, 0.25) is 0 Å². The highest BCUT2D eigenvalue weighted by Gasteiger charge is 2.18. The lowest BCUT2D eigenvalue weighted by atomic mass is 9.95. The van der Waals surface area contributed by atoms with E-state index in [0.29, 0.717) is 0 Å². The van der Waals surface area contributed by atoms with Crippen LogP contribution in [0.5, 0.6) is 11.5 Å². The second-order valence-electron chi connectivity index (χ2n) is 6.93. The van der Waals surface area contributed by atoms with E-state index in [2.05, 4.69) is 49.9 Å². The summed E-state index contributed by atoms with van der Waals surface area (Å²) in [5, 5.41) is 0. The average Bonchev–Trinajstić information content (AvgIpc) is 2.53. The third-order valence-corrected chi connectivity index (χ3v) is 3.66. The van der Waals surface area contributed by atoms with Gasteiger partial charge in [-0.2, -0.15) is 0 Å². The Bertz CT molecular complexity index is 614. The SMILES string of the molecule is COc1ccc(N(Cc2ccccc2OC)CC(C)(C)C)cc1. The molecule has 0 saturated carbocycles. The number of methoxy groups -OCH3 is 2. The van der Waals surface area contributed by atoms with Crippen molar-refractivity contribution < 1.29 is 9.47 Å². The minimum atomic E-state index is 0.196.